The van der Waals surface area contributed by atoms with Crippen molar-refractivity contribution >= 4 is 41.5 Å². The van der Waals surface area contributed by atoms with Gasteiger partial charge >= 0.3 is 0 Å². The van der Waals surface area contributed by atoms with E-state index < -0.39 is 0 Å². The molecule has 0 aliphatic carbocycles. The van der Waals surface area contributed by atoms with Crippen molar-refractivity contribution in [3.05, 3.63) is 47.9 Å². The molecule has 1 saturated heterocycles. The SMILES string of the molecule is CCNC(=NCc1ccc(OC)c(NC(C)=O)c1)NCC(c1ccco1)N1CCCC1.I. The molecule has 1 aliphatic heterocycles. The molecule has 0 saturated carbocycles. The molecule has 2 aromatic rings. The minimum Gasteiger partial charge on any atom is -0.495 e. The lowest BCUT2D eigenvalue weighted by molar-refractivity contribution is -0.114. The number of guanidine groups is 1. The van der Waals surface area contributed by atoms with Crippen LogP contribution in [0.3, 0.4) is 0 Å². The molecular weight excluding hydrogens is 521 g/mol. The number of aliphatic imine (C=N–C) groups is 1. The Bertz CT molecular complexity index is 867. The average molecular weight is 555 g/mol. The van der Waals surface area contributed by atoms with E-state index in [4.69, 9.17) is 14.1 Å². The molecular formula is C23H34IN5O3. The van der Waals surface area contributed by atoms with Crippen LogP contribution in [0.15, 0.2) is 46.0 Å². The summed E-state index contributed by atoms with van der Waals surface area (Å²) in [6.45, 7) is 7.63. The summed E-state index contributed by atoms with van der Waals surface area (Å²) in [6.07, 6.45) is 4.17. The third kappa shape index (κ3) is 7.40. The minimum absolute atomic E-state index is 0. The highest BCUT2D eigenvalue weighted by atomic mass is 127. The van der Waals surface area contributed by atoms with Crippen LogP contribution in [-0.2, 0) is 11.3 Å². The Morgan fingerprint density at radius 1 is 1.25 bits per heavy atom. The number of benzene rings is 1. The lowest BCUT2D eigenvalue weighted by Crippen LogP contribution is -2.42. The van der Waals surface area contributed by atoms with Crippen molar-refractivity contribution in [3.63, 3.8) is 0 Å². The second-order valence-electron chi connectivity index (χ2n) is 7.57. The van der Waals surface area contributed by atoms with Gasteiger partial charge in [-0.3, -0.25) is 9.69 Å². The zero-order chi connectivity index (χ0) is 22.1. The highest BCUT2D eigenvalue weighted by molar-refractivity contribution is 14.0. The number of furan rings is 1. The van der Waals surface area contributed by atoms with E-state index >= 15 is 0 Å². The molecule has 0 radical (unpaired) electrons. The molecule has 2 heterocycles. The third-order valence-corrected chi connectivity index (χ3v) is 5.25. The average Bonchev–Trinajstić information content (AvgIpc) is 3.47. The number of hydrogen-bond donors (Lipinski definition) is 3. The fourth-order valence-corrected chi connectivity index (χ4v) is 3.79. The topological polar surface area (TPSA) is 91.1 Å². The zero-order valence-corrected chi connectivity index (χ0v) is 21.3. The van der Waals surface area contributed by atoms with Crippen molar-refractivity contribution in [3.8, 4) is 5.75 Å². The molecule has 1 aromatic carbocycles. The number of halogens is 1. The van der Waals surface area contributed by atoms with Gasteiger partial charge in [-0.25, -0.2) is 4.99 Å². The van der Waals surface area contributed by atoms with Gasteiger partial charge in [0.2, 0.25) is 5.91 Å². The number of carbonyl (C=O) groups is 1. The summed E-state index contributed by atoms with van der Waals surface area (Å²) in [5.74, 6) is 2.20. The molecule has 1 atom stereocenters. The van der Waals surface area contributed by atoms with Crippen molar-refractivity contribution in [2.45, 2.75) is 39.3 Å². The van der Waals surface area contributed by atoms with Crippen molar-refractivity contribution in [2.24, 2.45) is 4.99 Å². The van der Waals surface area contributed by atoms with E-state index in [9.17, 15) is 4.79 Å². The summed E-state index contributed by atoms with van der Waals surface area (Å²) in [5.41, 5.74) is 1.62. The number of nitrogens with zero attached hydrogens (tertiary/aromatic N) is 2. The number of likely N-dealkylation sites (tertiary alicyclic amines) is 1. The molecule has 3 N–H and O–H groups in total. The Hall–Kier alpha value is -2.27. The molecule has 32 heavy (non-hydrogen) atoms. The maximum absolute atomic E-state index is 11.5. The van der Waals surface area contributed by atoms with Gasteiger partial charge in [0, 0.05) is 20.0 Å². The maximum atomic E-state index is 11.5. The van der Waals surface area contributed by atoms with Gasteiger partial charge in [0.25, 0.3) is 0 Å². The molecule has 8 nitrogen and oxygen atoms in total. The van der Waals surface area contributed by atoms with E-state index in [0.717, 1.165) is 36.9 Å². The number of methoxy groups -OCH3 is 1. The first kappa shape index (κ1) is 26.0. The summed E-state index contributed by atoms with van der Waals surface area (Å²) in [4.78, 5) is 18.7. The summed E-state index contributed by atoms with van der Waals surface area (Å²) in [5, 5.41) is 9.58. The van der Waals surface area contributed by atoms with Crippen LogP contribution in [0.25, 0.3) is 0 Å². The Morgan fingerprint density at radius 2 is 2.03 bits per heavy atom. The van der Waals surface area contributed by atoms with Crippen molar-refractivity contribution < 1.29 is 13.9 Å². The van der Waals surface area contributed by atoms with E-state index in [2.05, 4.69) is 20.9 Å². The first-order chi connectivity index (χ1) is 15.1. The number of rotatable bonds is 9. The van der Waals surface area contributed by atoms with Crippen LogP contribution in [0.5, 0.6) is 5.75 Å². The second-order valence-corrected chi connectivity index (χ2v) is 7.57. The smallest absolute Gasteiger partial charge is 0.221 e. The summed E-state index contributed by atoms with van der Waals surface area (Å²) >= 11 is 0. The molecule has 0 bridgehead atoms. The molecule has 1 amide bonds. The third-order valence-electron chi connectivity index (χ3n) is 5.25. The van der Waals surface area contributed by atoms with Gasteiger partial charge in [0.15, 0.2) is 5.96 Å². The van der Waals surface area contributed by atoms with E-state index in [0.29, 0.717) is 24.5 Å². The fraction of sp³-hybridized carbons (Fsp3) is 0.478. The molecule has 3 rings (SSSR count). The van der Waals surface area contributed by atoms with Gasteiger partial charge in [0.1, 0.15) is 11.5 Å². The van der Waals surface area contributed by atoms with E-state index in [-0.39, 0.29) is 35.9 Å². The predicted octanol–water partition coefficient (Wildman–Crippen LogP) is 3.76. The van der Waals surface area contributed by atoms with E-state index in [1.165, 1.54) is 19.8 Å². The molecule has 0 spiro atoms. The van der Waals surface area contributed by atoms with Crippen LogP contribution in [0, 0.1) is 0 Å². The minimum atomic E-state index is -0.139. The number of hydrogen-bond acceptors (Lipinski definition) is 5. The summed E-state index contributed by atoms with van der Waals surface area (Å²) in [7, 11) is 1.58. The van der Waals surface area contributed by atoms with Crippen molar-refractivity contribution in [1.82, 2.24) is 15.5 Å². The molecule has 1 aromatic heterocycles. The first-order valence-electron chi connectivity index (χ1n) is 10.8. The first-order valence-corrected chi connectivity index (χ1v) is 10.8. The standard InChI is InChI=1S/C23H33N5O3.HI/c1-4-24-23(25-15-18-9-10-21(30-3)19(14-18)27-17(2)29)26-16-20(22-8-7-13-31-22)28-11-5-6-12-28;/h7-10,13-14,20H,4-6,11-12,15-16H2,1-3H3,(H,27,29)(H2,24,25,26);1H. The van der Waals surface area contributed by atoms with E-state index in [1.807, 2.05) is 37.3 Å². The molecule has 1 fully saturated rings. The number of anilines is 1. The predicted molar refractivity (Wildman–Crippen MR) is 138 cm³/mol. The fourth-order valence-electron chi connectivity index (χ4n) is 3.79. The van der Waals surface area contributed by atoms with Crippen molar-refractivity contribution in [2.75, 3.05) is 38.6 Å². The summed E-state index contributed by atoms with van der Waals surface area (Å²) < 4.78 is 11.0. The highest BCUT2D eigenvalue weighted by Gasteiger charge is 2.25. The Balaban J connectivity index is 0.00000363. The van der Waals surface area contributed by atoms with Gasteiger partial charge in [-0.1, -0.05) is 6.07 Å². The van der Waals surface area contributed by atoms with E-state index in [1.54, 1.807) is 13.4 Å². The molecule has 1 unspecified atom stereocenters. The Kier molecular flexibility index (Phi) is 10.8. The summed E-state index contributed by atoms with van der Waals surface area (Å²) in [6, 6.07) is 9.84. The lowest BCUT2D eigenvalue weighted by Gasteiger charge is -2.26. The number of nitrogens with one attached hydrogen (secondary N) is 3. The van der Waals surface area contributed by atoms with Gasteiger partial charge in [-0.15, -0.1) is 24.0 Å². The monoisotopic (exact) mass is 555 g/mol. The number of carbonyl (C=O) groups excluding carboxylic acids is 1. The van der Waals surface area contributed by atoms with Crippen LogP contribution in [0.2, 0.25) is 0 Å². The van der Waals surface area contributed by atoms with Crippen molar-refractivity contribution in [1.29, 1.82) is 0 Å². The van der Waals surface area contributed by atoms with Gasteiger partial charge in [-0.05, 0) is 62.7 Å². The van der Waals surface area contributed by atoms with Gasteiger partial charge in [-0.2, -0.15) is 0 Å². The highest BCUT2D eigenvalue weighted by Crippen LogP contribution is 2.26. The Morgan fingerprint density at radius 3 is 2.66 bits per heavy atom. The normalized spacial score (nSPS) is 15.0. The zero-order valence-electron chi connectivity index (χ0n) is 19.0. The second kappa shape index (κ2) is 13.3. The van der Waals surface area contributed by atoms with Crippen LogP contribution in [-0.4, -0.2) is 50.1 Å². The maximum Gasteiger partial charge on any atom is 0.221 e. The molecule has 1 aliphatic rings. The largest absolute Gasteiger partial charge is 0.495 e. The lowest BCUT2D eigenvalue weighted by atomic mass is 10.2. The number of amides is 1. The van der Waals surface area contributed by atoms with Gasteiger partial charge < -0.3 is 25.1 Å². The molecule has 176 valence electrons. The molecule has 9 heteroatoms. The van der Waals surface area contributed by atoms with Crippen LogP contribution >= 0.6 is 24.0 Å². The van der Waals surface area contributed by atoms with Crippen LogP contribution < -0.4 is 20.7 Å². The van der Waals surface area contributed by atoms with Crippen LogP contribution in [0.1, 0.15) is 44.1 Å². The van der Waals surface area contributed by atoms with Gasteiger partial charge in [0.05, 0.1) is 31.6 Å². The van der Waals surface area contributed by atoms with Crippen LogP contribution in [0.4, 0.5) is 5.69 Å². The number of ether oxygens (including phenoxy) is 1. The quantitative estimate of drug-likeness (QED) is 0.248. The Labute approximate surface area is 207 Å².